The van der Waals surface area contributed by atoms with Crippen LogP contribution in [-0.4, -0.2) is 25.8 Å². The van der Waals surface area contributed by atoms with Crippen LogP contribution in [0.25, 0.3) is 0 Å². The van der Waals surface area contributed by atoms with Crippen LogP contribution < -0.4 is 5.32 Å². The molecule has 0 aromatic heterocycles. The third-order valence-electron chi connectivity index (χ3n) is 4.34. The van der Waals surface area contributed by atoms with Gasteiger partial charge in [0.15, 0.2) is 0 Å². The van der Waals surface area contributed by atoms with Crippen molar-refractivity contribution in [2.75, 3.05) is 19.7 Å². The lowest BCUT2D eigenvalue weighted by Gasteiger charge is -2.37. The summed E-state index contributed by atoms with van der Waals surface area (Å²) in [5.41, 5.74) is 0. The minimum atomic E-state index is 0.508. The Bertz CT molecular complexity index is 227. The van der Waals surface area contributed by atoms with E-state index >= 15 is 0 Å². The molecular weight excluding hydrogens is 234 g/mol. The zero-order valence-corrected chi connectivity index (χ0v) is 13.7. The number of rotatable bonds is 8. The molecule has 2 nitrogen and oxygen atoms in total. The third kappa shape index (κ3) is 6.76. The van der Waals surface area contributed by atoms with E-state index < -0.39 is 0 Å². The Kier molecular flexibility index (Phi) is 8.01. The van der Waals surface area contributed by atoms with Crippen LogP contribution in [0.15, 0.2) is 0 Å². The molecule has 1 aliphatic carbocycles. The van der Waals surface area contributed by atoms with Crippen molar-refractivity contribution in [1.29, 1.82) is 0 Å². The van der Waals surface area contributed by atoms with E-state index in [-0.39, 0.29) is 0 Å². The van der Waals surface area contributed by atoms with Crippen LogP contribution in [0.2, 0.25) is 0 Å². The zero-order chi connectivity index (χ0) is 14.3. The first kappa shape index (κ1) is 17.0. The lowest BCUT2D eigenvalue weighted by Crippen LogP contribution is -2.35. The highest BCUT2D eigenvalue weighted by Crippen LogP contribution is 2.35. The SMILES string of the molecule is CC(C)CNCCCOC1CC(C)CCC1C(C)C. The smallest absolute Gasteiger partial charge is 0.0608 e. The number of hydrogen-bond acceptors (Lipinski definition) is 2. The van der Waals surface area contributed by atoms with E-state index in [9.17, 15) is 0 Å². The molecule has 1 N–H and O–H groups in total. The summed E-state index contributed by atoms with van der Waals surface area (Å²) in [5.74, 6) is 3.13. The molecule has 114 valence electrons. The van der Waals surface area contributed by atoms with Gasteiger partial charge in [0.2, 0.25) is 0 Å². The highest BCUT2D eigenvalue weighted by molar-refractivity contribution is 4.81. The maximum atomic E-state index is 6.19. The van der Waals surface area contributed by atoms with E-state index in [1.807, 2.05) is 0 Å². The van der Waals surface area contributed by atoms with Crippen molar-refractivity contribution in [2.45, 2.75) is 66.4 Å². The van der Waals surface area contributed by atoms with Gasteiger partial charge < -0.3 is 10.1 Å². The molecular formula is C17H35NO. The van der Waals surface area contributed by atoms with Crippen LogP contribution in [0.5, 0.6) is 0 Å². The summed E-state index contributed by atoms with van der Waals surface area (Å²) >= 11 is 0. The van der Waals surface area contributed by atoms with Gasteiger partial charge in [0, 0.05) is 6.61 Å². The Hall–Kier alpha value is -0.0800. The maximum absolute atomic E-state index is 6.19. The largest absolute Gasteiger partial charge is 0.378 e. The first-order valence-corrected chi connectivity index (χ1v) is 8.33. The van der Waals surface area contributed by atoms with Gasteiger partial charge in [0.1, 0.15) is 0 Å². The van der Waals surface area contributed by atoms with E-state index in [4.69, 9.17) is 4.74 Å². The lowest BCUT2D eigenvalue weighted by molar-refractivity contribution is -0.0388. The highest BCUT2D eigenvalue weighted by Gasteiger charge is 2.31. The predicted molar refractivity (Wildman–Crippen MR) is 83.4 cm³/mol. The maximum Gasteiger partial charge on any atom is 0.0608 e. The topological polar surface area (TPSA) is 21.3 Å². The fourth-order valence-corrected chi connectivity index (χ4v) is 3.13. The Morgan fingerprint density at radius 3 is 2.53 bits per heavy atom. The van der Waals surface area contributed by atoms with Gasteiger partial charge >= 0.3 is 0 Å². The molecule has 1 saturated carbocycles. The van der Waals surface area contributed by atoms with E-state index in [2.05, 4.69) is 39.9 Å². The summed E-state index contributed by atoms with van der Waals surface area (Å²) in [7, 11) is 0. The summed E-state index contributed by atoms with van der Waals surface area (Å²) in [6, 6.07) is 0. The Labute approximate surface area is 120 Å². The molecule has 1 fully saturated rings. The molecule has 1 aliphatic rings. The van der Waals surface area contributed by atoms with Crippen LogP contribution in [0, 0.1) is 23.7 Å². The van der Waals surface area contributed by atoms with Crippen molar-refractivity contribution in [2.24, 2.45) is 23.7 Å². The first-order chi connectivity index (χ1) is 9.00. The molecule has 0 aliphatic heterocycles. The van der Waals surface area contributed by atoms with E-state index in [1.54, 1.807) is 0 Å². The fourth-order valence-electron chi connectivity index (χ4n) is 3.13. The van der Waals surface area contributed by atoms with Gasteiger partial charge in [-0.25, -0.2) is 0 Å². The summed E-state index contributed by atoms with van der Waals surface area (Å²) < 4.78 is 6.19. The molecule has 0 spiro atoms. The average Bonchev–Trinajstić information content (AvgIpc) is 2.33. The Balaban J connectivity index is 2.17. The second-order valence-corrected chi connectivity index (χ2v) is 7.19. The van der Waals surface area contributed by atoms with Crippen molar-refractivity contribution in [3.05, 3.63) is 0 Å². The summed E-state index contributed by atoms with van der Waals surface area (Å²) in [6.07, 6.45) is 5.66. The minimum Gasteiger partial charge on any atom is -0.378 e. The van der Waals surface area contributed by atoms with Crippen LogP contribution in [0.4, 0.5) is 0 Å². The lowest BCUT2D eigenvalue weighted by atomic mass is 9.75. The molecule has 19 heavy (non-hydrogen) atoms. The van der Waals surface area contributed by atoms with E-state index in [0.29, 0.717) is 6.10 Å². The van der Waals surface area contributed by atoms with Crippen molar-refractivity contribution >= 4 is 0 Å². The van der Waals surface area contributed by atoms with Crippen molar-refractivity contribution in [3.63, 3.8) is 0 Å². The zero-order valence-electron chi connectivity index (χ0n) is 13.7. The van der Waals surface area contributed by atoms with Crippen molar-refractivity contribution in [1.82, 2.24) is 5.32 Å². The summed E-state index contributed by atoms with van der Waals surface area (Å²) in [5, 5.41) is 3.49. The highest BCUT2D eigenvalue weighted by atomic mass is 16.5. The molecule has 0 bridgehead atoms. The first-order valence-electron chi connectivity index (χ1n) is 8.33. The number of ether oxygens (including phenoxy) is 1. The fraction of sp³-hybridized carbons (Fsp3) is 1.00. The van der Waals surface area contributed by atoms with Gasteiger partial charge in [-0.05, 0) is 56.0 Å². The average molecular weight is 269 g/mol. The van der Waals surface area contributed by atoms with E-state index in [1.165, 1.54) is 19.3 Å². The summed E-state index contributed by atoms with van der Waals surface area (Å²) in [6.45, 7) is 14.7. The van der Waals surface area contributed by atoms with Gasteiger partial charge in [0.05, 0.1) is 6.10 Å². The van der Waals surface area contributed by atoms with Crippen LogP contribution in [0.1, 0.15) is 60.3 Å². The quantitative estimate of drug-likeness (QED) is 0.670. The van der Waals surface area contributed by atoms with Crippen LogP contribution in [0.3, 0.4) is 0 Å². The minimum absolute atomic E-state index is 0.508. The second-order valence-electron chi connectivity index (χ2n) is 7.19. The Morgan fingerprint density at radius 2 is 1.89 bits per heavy atom. The van der Waals surface area contributed by atoms with Crippen LogP contribution in [-0.2, 0) is 4.74 Å². The molecule has 0 aromatic rings. The molecule has 0 aromatic carbocycles. The van der Waals surface area contributed by atoms with E-state index in [0.717, 1.165) is 49.8 Å². The van der Waals surface area contributed by atoms with Gasteiger partial charge in [-0.3, -0.25) is 0 Å². The summed E-state index contributed by atoms with van der Waals surface area (Å²) in [4.78, 5) is 0. The standard InChI is InChI=1S/C17H35NO/c1-13(2)12-18-9-6-10-19-17-11-15(5)7-8-16(17)14(3)4/h13-18H,6-12H2,1-5H3. The second kappa shape index (κ2) is 8.97. The van der Waals surface area contributed by atoms with Gasteiger partial charge in [0.25, 0.3) is 0 Å². The molecule has 0 saturated heterocycles. The molecule has 0 radical (unpaired) electrons. The normalized spacial score (nSPS) is 28.3. The molecule has 3 atom stereocenters. The van der Waals surface area contributed by atoms with Crippen molar-refractivity contribution in [3.8, 4) is 0 Å². The Morgan fingerprint density at radius 1 is 1.16 bits per heavy atom. The van der Waals surface area contributed by atoms with Crippen LogP contribution >= 0.6 is 0 Å². The monoisotopic (exact) mass is 269 g/mol. The van der Waals surface area contributed by atoms with Gasteiger partial charge in [-0.1, -0.05) is 41.0 Å². The molecule has 3 unspecified atom stereocenters. The third-order valence-corrected chi connectivity index (χ3v) is 4.34. The molecule has 0 heterocycles. The van der Waals surface area contributed by atoms with Gasteiger partial charge in [-0.2, -0.15) is 0 Å². The molecule has 0 amide bonds. The number of hydrogen-bond donors (Lipinski definition) is 1. The molecule has 1 rings (SSSR count). The van der Waals surface area contributed by atoms with Gasteiger partial charge in [-0.15, -0.1) is 0 Å². The molecule has 2 heteroatoms. The van der Waals surface area contributed by atoms with Crippen molar-refractivity contribution < 1.29 is 4.74 Å². The predicted octanol–water partition coefficient (Wildman–Crippen LogP) is 4.10. The number of nitrogens with one attached hydrogen (secondary N) is 1.